The number of hydrogen-bond acceptors (Lipinski definition) is 3. The highest BCUT2D eigenvalue weighted by molar-refractivity contribution is 5.40. The summed E-state index contributed by atoms with van der Waals surface area (Å²) in [6.07, 6.45) is -8.04. The molecule has 0 bridgehead atoms. The molecule has 0 radical (unpaired) electrons. The van der Waals surface area contributed by atoms with E-state index in [2.05, 4.69) is 4.98 Å². The van der Waals surface area contributed by atoms with Crippen molar-refractivity contribution in [1.82, 2.24) is 4.98 Å². The molecule has 98 valence electrons. The van der Waals surface area contributed by atoms with E-state index >= 15 is 0 Å². The average Bonchev–Trinajstić information content (AvgIpc) is 2.26. The quantitative estimate of drug-likeness (QED) is 0.854. The number of nitrogens with zero attached hydrogens (tertiary/aromatic N) is 2. The van der Waals surface area contributed by atoms with Crippen molar-refractivity contribution in [2.45, 2.75) is 25.6 Å². The van der Waals surface area contributed by atoms with E-state index < -0.39 is 42.3 Å². The molecule has 0 aliphatic rings. The Morgan fingerprint density at radius 2 is 2.00 bits per heavy atom. The van der Waals surface area contributed by atoms with Crippen molar-refractivity contribution in [3.63, 3.8) is 0 Å². The van der Waals surface area contributed by atoms with Crippen LogP contribution < -0.4 is 5.73 Å². The largest absolute Gasteiger partial charge is 0.418 e. The lowest BCUT2D eigenvalue weighted by Crippen LogP contribution is -2.17. The van der Waals surface area contributed by atoms with Gasteiger partial charge >= 0.3 is 6.18 Å². The maximum absolute atomic E-state index is 12.8. The first kappa shape index (κ1) is 14.3. The molecule has 1 aromatic heterocycles. The first-order valence-corrected chi connectivity index (χ1v) is 4.76. The van der Waals surface area contributed by atoms with Crippen LogP contribution in [-0.2, 0) is 19.1 Å². The second-order valence-corrected chi connectivity index (χ2v) is 3.35. The zero-order valence-electron chi connectivity index (χ0n) is 8.93. The average molecular weight is 265 g/mol. The number of nitriles is 1. The fourth-order valence-corrected chi connectivity index (χ4v) is 1.55. The highest BCUT2D eigenvalue weighted by Gasteiger charge is 2.36. The standard InChI is InChI=1S/C10H8F5N3/c11-9(12)8-5(3-17)6(10(13,14)15)4-18-7(8)1-2-16/h4,9H,1,3,17H2. The van der Waals surface area contributed by atoms with Gasteiger partial charge < -0.3 is 5.73 Å². The first-order valence-electron chi connectivity index (χ1n) is 4.76. The Balaban J connectivity index is 3.54. The van der Waals surface area contributed by atoms with E-state index in [9.17, 15) is 22.0 Å². The molecular weight excluding hydrogens is 257 g/mol. The zero-order valence-corrected chi connectivity index (χ0v) is 8.93. The summed E-state index contributed by atoms with van der Waals surface area (Å²) in [5.74, 6) is 0. The molecule has 2 N–H and O–H groups in total. The van der Waals surface area contributed by atoms with E-state index in [0.29, 0.717) is 6.20 Å². The van der Waals surface area contributed by atoms with E-state index in [-0.39, 0.29) is 5.69 Å². The Morgan fingerprint density at radius 1 is 1.39 bits per heavy atom. The lowest BCUT2D eigenvalue weighted by Gasteiger charge is -2.17. The fraction of sp³-hybridized carbons (Fsp3) is 0.400. The van der Waals surface area contributed by atoms with Crippen LogP contribution in [0.5, 0.6) is 0 Å². The number of rotatable bonds is 3. The van der Waals surface area contributed by atoms with Crippen LogP contribution in [0.15, 0.2) is 6.20 Å². The van der Waals surface area contributed by atoms with Crippen LogP contribution in [0, 0.1) is 11.3 Å². The van der Waals surface area contributed by atoms with E-state index in [4.69, 9.17) is 11.0 Å². The van der Waals surface area contributed by atoms with Crippen LogP contribution in [0.25, 0.3) is 0 Å². The van der Waals surface area contributed by atoms with Crippen molar-refractivity contribution in [2.24, 2.45) is 5.73 Å². The molecule has 18 heavy (non-hydrogen) atoms. The SMILES string of the molecule is N#CCc1ncc(C(F)(F)F)c(CN)c1C(F)F. The van der Waals surface area contributed by atoms with E-state index in [0.717, 1.165) is 0 Å². The Labute approximate surface area is 99.0 Å². The van der Waals surface area contributed by atoms with Gasteiger partial charge in [0.15, 0.2) is 0 Å². The van der Waals surface area contributed by atoms with E-state index in [1.165, 1.54) is 0 Å². The van der Waals surface area contributed by atoms with Crippen molar-refractivity contribution in [2.75, 3.05) is 0 Å². The molecule has 0 saturated carbocycles. The Hall–Kier alpha value is -1.75. The van der Waals surface area contributed by atoms with Gasteiger partial charge in [-0.15, -0.1) is 0 Å². The van der Waals surface area contributed by atoms with Gasteiger partial charge in [-0.3, -0.25) is 4.98 Å². The van der Waals surface area contributed by atoms with E-state index in [1.807, 2.05) is 0 Å². The van der Waals surface area contributed by atoms with Crippen LogP contribution in [0.3, 0.4) is 0 Å². The number of alkyl halides is 5. The number of hydrogen-bond donors (Lipinski definition) is 1. The number of halogens is 5. The molecule has 0 spiro atoms. The summed E-state index contributed by atoms with van der Waals surface area (Å²) in [6, 6.07) is 1.57. The molecule has 0 aromatic carbocycles. The highest BCUT2D eigenvalue weighted by Crippen LogP contribution is 2.36. The molecule has 1 heterocycles. The summed E-state index contributed by atoms with van der Waals surface area (Å²) < 4.78 is 63.4. The Morgan fingerprint density at radius 3 is 2.39 bits per heavy atom. The second kappa shape index (κ2) is 5.27. The van der Waals surface area contributed by atoms with Crippen LogP contribution >= 0.6 is 0 Å². The lowest BCUT2D eigenvalue weighted by atomic mass is 9.99. The third kappa shape index (κ3) is 2.73. The Kier molecular flexibility index (Phi) is 4.19. The molecular formula is C10H8F5N3. The predicted molar refractivity (Wildman–Crippen MR) is 51.4 cm³/mol. The summed E-state index contributed by atoms with van der Waals surface area (Å²) in [6.45, 7) is -0.699. The summed E-state index contributed by atoms with van der Waals surface area (Å²) >= 11 is 0. The van der Waals surface area contributed by atoms with Crippen molar-refractivity contribution in [3.8, 4) is 6.07 Å². The molecule has 1 aromatic rings. The van der Waals surface area contributed by atoms with Gasteiger partial charge in [0, 0.05) is 18.3 Å². The zero-order chi connectivity index (χ0) is 13.9. The summed E-state index contributed by atoms with van der Waals surface area (Å²) in [4.78, 5) is 3.29. The van der Waals surface area contributed by atoms with Crippen LogP contribution in [0.2, 0.25) is 0 Å². The maximum atomic E-state index is 12.8. The number of pyridine rings is 1. The number of nitrogens with two attached hydrogens (primary N) is 1. The molecule has 0 aliphatic heterocycles. The van der Waals surface area contributed by atoms with Gasteiger partial charge in [0.2, 0.25) is 0 Å². The van der Waals surface area contributed by atoms with Gasteiger partial charge in [0.25, 0.3) is 6.43 Å². The molecule has 1 rings (SSSR count). The molecule has 0 saturated heterocycles. The monoisotopic (exact) mass is 265 g/mol. The third-order valence-electron chi connectivity index (χ3n) is 2.28. The van der Waals surface area contributed by atoms with Crippen molar-refractivity contribution in [1.29, 1.82) is 5.26 Å². The van der Waals surface area contributed by atoms with Gasteiger partial charge in [-0.1, -0.05) is 0 Å². The lowest BCUT2D eigenvalue weighted by molar-refractivity contribution is -0.138. The minimum atomic E-state index is -4.81. The van der Waals surface area contributed by atoms with Crippen LogP contribution in [0.1, 0.15) is 28.8 Å². The van der Waals surface area contributed by atoms with Crippen LogP contribution in [0.4, 0.5) is 22.0 Å². The molecule has 8 heteroatoms. The molecule has 0 aliphatic carbocycles. The van der Waals surface area contributed by atoms with Gasteiger partial charge in [0.1, 0.15) is 0 Å². The van der Waals surface area contributed by atoms with Crippen LogP contribution in [-0.4, -0.2) is 4.98 Å². The molecule has 0 unspecified atom stereocenters. The summed E-state index contributed by atoms with van der Waals surface area (Å²) in [5, 5.41) is 8.43. The fourth-order valence-electron chi connectivity index (χ4n) is 1.55. The van der Waals surface area contributed by atoms with Crippen molar-refractivity contribution >= 4 is 0 Å². The highest BCUT2D eigenvalue weighted by atomic mass is 19.4. The Bertz CT molecular complexity index is 476. The minimum Gasteiger partial charge on any atom is -0.326 e. The van der Waals surface area contributed by atoms with Crippen molar-refractivity contribution < 1.29 is 22.0 Å². The molecule has 0 amide bonds. The third-order valence-corrected chi connectivity index (χ3v) is 2.28. The van der Waals surface area contributed by atoms with E-state index in [1.54, 1.807) is 6.07 Å². The number of aromatic nitrogens is 1. The van der Waals surface area contributed by atoms with Gasteiger partial charge in [-0.25, -0.2) is 8.78 Å². The van der Waals surface area contributed by atoms with Gasteiger partial charge in [0.05, 0.1) is 23.7 Å². The summed E-state index contributed by atoms with van der Waals surface area (Å²) in [5.41, 5.74) is 1.84. The first-order chi connectivity index (χ1) is 8.32. The smallest absolute Gasteiger partial charge is 0.326 e. The summed E-state index contributed by atoms with van der Waals surface area (Å²) in [7, 11) is 0. The topological polar surface area (TPSA) is 62.7 Å². The second-order valence-electron chi connectivity index (χ2n) is 3.35. The van der Waals surface area contributed by atoms with Gasteiger partial charge in [-0.2, -0.15) is 18.4 Å². The molecule has 0 atom stereocenters. The van der Waals surface area contributed by atoms with Gasteiger partial charge in [-0.05, 0) is 5.56 Å². The van der Waals surface area contributed by atoms with Crippen molar-refractivity contribution in [3.05, 3.63) is 28.6 Å². The normalized spacial score (nSPS) is 11.7. The minimum absolute atomic E-state index is 0.374. The maximum Gasteiger partial charge on any atom is 0.418 e. The molecule has 0 fully saturated rings. The molecule has 3 nitrogen and oxygen atoms in total. The predicted octanol–water partition coefficient (Wildman–Crippen LogP) is 2.56.